The molecule has 0 saturated carbocycles. The molecule has 1 saturated heterocycles. The SMILES string of the molecule is Clc1cccc2sc(N3CCN(c4nccn5ccnc45)CC3)nc12. The zero-order chi connectivity index (χ0) is 16.8. The topological polar surface area (TPSA) is 49.6 Å². The van der Waals surface area contributed by atoms with Crippen molar-refractivity contribution < 1.29 is 0 Å². The molecule has 0 spiro atoms. The number of anilines is 2. The van der Waals surface area contributed by atoms with Crippen LogP contribution in [0.3, 0.4) is 0 Å². The van der Waals surface area contributed by atoms with E-state index in [0.29, 0.717) is 5.02 Å². The standard InChI is InChI=1S/C17H15ClN6S/c18-12-2-1-3-13-14(12)21-17(25-13)24-10-8-23(9-11-24)16-15-19-4-6-22(15)7-5-20-16/h1-7H,8-11H2. The van der Waals surface area contributed by atoms with Gasteiger partial charge in [-0.1, -0.05) is 29.0 Å². The lowest BCUT2D eigenvalue weighted by atomic mass is 10.3. The molecule has 0 atom stereocenters. The van der Waals surface area contributed by atoms with Gasteiger partial charge in [-0.2, -0.15) is 0 Å². The third-order valence-corrected chi connectivity index (χ3v) is 5.89. The molecule has 4 heterocycles. The van der Waals surface area contributed by atoms with Gasteiger partial charge < -0.3 is 14.2 Å². The van der Waals surface area contributed by atoms with Gasteiger partial charge >= 0.3 is 0 Å². The Morgan fingerprint density at radius 2 is 1.72 bits per heavy atom. The Kier molecular flexibility index (Phi) is 3.50. The Bertz CT molecular complexity index is 1050. The Balaban J connectivity index is 1.38. The molecule has 1 fully saturated rings. The highest BCUT2D eigenvalue weighted by atomic mass is 35.5. The Hall–Kier alpha value is -2.38. The number of hydrogen-bond acceptors (Lipinski definition) is 6. The summed E-state index contributed by atoms with van der Waals surface area (Å²) in [5, 5.41) is 1.75. The van der Waals surface area contributed by atoms with Gasteiger partial charge in [0, 0.05) is 51.0 Å². The highest BCUT2D eigenvalue weighted by Crippen LogP contribution is 2.33. The van der Waals surface area contributed by atoms with Crippen LogP contribution in [0.4, 0.5) is 10.9 Å². The lowest BCUT2D eigenvalue weighted by Gasteiger charge is -2.35. The van der Waals surface area contributed by atoms with E-state index in [4.69, 9.17) is 16.6 Å². The van der Waals surface area contributed by atoms with Gasteiger partial charge in [0.05, 0.1) is 9.72 Å². The van der Waals surface area contributed by atoms with Crippen molar-refractivity contribution in [1.29, 1.82) is 0 Å². The zero-order valence-corrected chi connectivity index (χ0v) is 14.9. The number of fused-ring (bicyclic) bond motifs is 2. The zero-order valence-electron chi connectivity index (χ0n) is 13.3. The molecule has 25 heavy (non-hydrogen) atoms. The number of para-hydroxylation sites is 1. The molecule has 1 aromatic carbocycles. The maximum Gasteiger partial charge on any atom is 0.186 e. The highest BCUT2D eigenvalue weighted by molar-refractivity contribution is 7.22. The quantitative estimate of drug-likeness (QED) is 0.541. The van der Waals surface area contributed by atoms with E-state index >= 15 is 0 Å². The fourth-order valence-electron chi connectivity index (χ4n) is 3.21. The van der Waals surface area contributed by atoms with Gasteiger partial charge in [-0.25, -0.2) is 15.0 Å². The molecule has 8 heteroatoms. The molecule has 0 unspecified atom stereocenters. The van der Waals surface area contributed by atoms with Crippen LogP contribution in [0.1, 0.15) is 0 Å². The van der Waals surface area contributed by atoms with Gasteiger partial charge in [0.15, 0.2) is 16.6 Å². The normalized spacial score (nSPS) is 15.4. The van der Waals surface area contributed by atoms with Crippen LogP contribution in [0.25, 0.3) is 15.9 Å². The number of piperazine rings is 1. The third kappa shape index (κ3) is 2.51. The summed E-state index contributed by atoms with van der Waals surface area (Å²) in [4.78, 5) is 18.3. The molecule has 6 nitrogen and oxygen atoms in total. The second-order valence-corrected chi connectivity index (χ2v) is 7.38. The predicted molar refractivity (Wildman–Crippen MR) is 102 cm³/mol. The number of thiazole rings is 1. The van der Waals surface area contributed by atoms with Gasteiger partial charge in [-0.05, 0) is 12.1 Å². The van der Waals surface area contributed by atoms with Gasteiger partial charge in [-0.15, -0.1) is 0 Å². The molecular weight excluding hydrogens is 356 g/mol. The maximum atomic E-state index is 6.26. The van der Waals surface area contributed by atoms with Crippen molar-refractivity contribution in [3.05, 3.63) is 48.0 Å². The average molecular weight is 371 g/mol. The van der Waals surface area contributed by atoms with E-state index in [9.17, 15) is 0 Å². The summed E-state index contributed by atoms with van der Waals surface area (Å²) in [5.41, 5.74) is 1.80. The number of imidazole rings is 1. The molecule has 0 N–H and O–H groups in total. The van der Waals surface area contributed by atoms with E-state index in [1.165, 1.54) is 0 Å². The van der Waals surface area contributed by atoms with Crippen molar-refractivity contribution >= 4 is 49.8 Å². The molecule has 0 radical (unpaired) electrons. The minimum absolute atomic E-state index is 0.717. The van der Waals surface area contributed by atoms with Crippen LogP contribution in [0.15, 0.2) is 43.0 Å². The third-order valence-electron chi connectivity index (χ3n) is 4.50. The lowest BCUT2D eigenvalue weighted by Crippen LogP contribution is -2.47. The number of nitrogens with zero attached hydrogens (tertiary/aromatic N) is 6. The Morgan fingerprint density at radius 3 is 2.52 bits per heavy atom. The molecule has 0 amide bonds. The summed E-state index contributed by atoms with van der Waals surface area (Å²) in [6, 6.07) is 5.94. The van der Waals surface area contributed by atoms with Crippen molar-refractivity contribution in [2.75, 3.05) is 36.0 Å². The van der Waals surface area contributed by atoms with E-state index < -0.39 is 0 Å². The minimum Gasteiger partial charge on any atom is -0.350 e. The molecule has 4 aromatic rings. The number of benzene rings is 1. The number of rotatable bonds is 2. The van der Waals surface area contributed by atoms with Crippen molar-refractivity contribution in [2.45, 2.75) is 0 Å². The summed E-state index contributed by atoms with van der Waals surface area (Å²) in [5.74, 6) is 0.944. The van der Waals surface area contributed by atoms with Crippen LogP contribution in [0.5, 0.6) is 0 Å². The number of halogens is 1. The van der Waals surface area contributed by atoms with E-state index in [2.05, 4.69) is 25.8 Å². The van der Waals surface area contributed by atoms with Crippen LogP contribution in [-0.2, 0) is 0 Å². The van der Waals surface area contributed by atoms with Crippen LogP contribution in [-0.4, -0.2) is 45.5 Å². The van der Waals surface area contributed by atoms with E-state index in [-0.39, 0.29) is 0 Å². The maximum absolute atomic E-state index is 6.26. The van der Waals surface area contributed by atoms with Crippen molar-refractivity contribution in [1.82, 2.24) is 19.4 Å². The summed E-state index contributed by atoms with van der Waals surface area (Å²) in [7, 11) is 0. The van der Waals surface area contributed by atoms with Gasteiger partial charge in [0.25, 0.3) is 0 Å². The van der Waals surface area contributed by atoms with Crippen molar-refractivity contribution in [3.8, 4) is 0 Å². The molecule has 1 aliphatic rings. The smallest absolute Gasteiger partial charge is 0.186 e. The molecule has 5 rings (SSSR count). The first kappa shape index (κ1) is 14.9. The average Bonchev–Trinajstić information content (AvgIpc) is 3.29. The summed E-state index contributed by atoms with van der Waals surface area (Å²) in [6.45, 7) is 3.59. The van der Waals surface area contributed by atoms with Crippen molar-refractivity contribution in [2.24, 2.45) is 0 Å². The first-order valence-corrected chi connectivity index (χ1v) is 9.32. The highest BCUT2D eigenvalue weighted by Gasteiger charge is 2.22. The second kappa shape index (κ2) is 5.86. The molecule has 126 valence electrons. The predicted octanol–water partition coefficient (Wildman–Crippen LogP) is 3.32. The van der Waals surface area contributed by atoms with E-state index in [0.717, 1.165) is 53.0 Å². The van der Waals surface area contributed by atoms with E-state index in [1.54, 1.807) is 11.3 Å². The molecule has 0 bridgehead atoms. The Morgan fingerprint density at radius 1 is 0.960 bits per heavy atom. The molecular formula is C17H15ClN6S. The largest absolute Gasteiger partial charge is 0.350 e. The first-order chi connectivity index (χ1) is 12.3. The van der Waals surface area contributed by atoms with Crippen LogP contribution in [0.2, 0.25) is 5.02 Å². The lowest BCUT2D eigenvalue weighted by molar-refractivity contribution is 0.646. The van der Waals surface area contributed by atoms with Crippen molar-refractivity contribution in [3.63, 3.8) is 0 Å². The number of aromatic nitrogens is 4. The fourth-order valence-corrected chi connectivity index (χ4v) is 4.53. The summed E-state index contributed by atoms with van der Waals surface area (Å²) < 4.78 is 3.14. The monoisotopic (exact) mass is 370 g/mol. The van der Waals surface area contributed by atoms with Gasteiger partial charge in [-0.3, -0.25) is 0 Å². The Labute approximate surface area is 153 Å². The van der Waals surface area contributed by atoms with Crippen LogP contribution < -0.4 is 9.80 Å². The van der Waals surface area contributed by atoms with Crippen LogP contribution >= 0.6 is 22.9 Å². The minimum atomic E-state index is 0.717. The second-order valence-electron chi connectivity index (χ2n) is 5.97. The molecule has 0 aliphatic carbocycles. The van der Waals surface area contributed by atoms with Crippen LogP contribution in [0, 0.1) is 0 Å². The summed E-state index contributed by atoms with van der Waals surface area (Å²) >= 11 is 7.96. The van der Waals surface area contributed by atoms with Gasteiger partial charge in [0.1, 0.15) is 5.52 Å². The number of hydrogen-bond donors (Lipinski definition) is 0. The first-order valence-electron chi connectivity index (χ1n) is 8.12. The molecule has 1 aliphatic heterocycles. The van der Waals surface area contributed by atoms with Gasteiger partial charge in [0.2, 0.25) is 0 Å². The molecule has 3 aromatic heterocycles. The summed E-state index contributed by atoms with van der Waals surface area (Å²) in [6.07, 6.45) is 7.50. The van der Waals surface area contributed by atoms with E-state index in [1.807, 2.05) is 41.3 Å². The fraction of sp³-hybridized carbons (Fsp3) is 0.235.